The van der Waals surface area contributed by atoms with Crippen LogP contribution in [0.15, 0.2) is 43.2 Å². The predicted molar refractivity (Wildman–Crippen MR) is 99.5 cm³/mol. The number of fused-ring (bicyclic) bond motifs is 1. The summed E-state index contributed by atoms with van der Waals surface area (Å²) in [5, 5.41) is 4.41. The third kappa shape index (κ3) is 3.63. The number of rotatable bonds is 4. The average molecular weight is 415 g/mol. The molecule has 1 saturated heterocycles. The molecule has 8 nitrogen and oxygen atoms in total. The van der Waals surface area contributed by atoms with E-state index in [1.807, 2.05) is 10.9 Å². The van der Waals surface area contributed by atoms with E-state index in [1.54, 1.807) is 18.5 Å². The van der Waals surface area contributed by atoms with Crippen molar-refractivity contribution in [3.8, 4) is 22.8 Å². The van der Waals surface area contributed by atoms with Crippen molar-refractivity contribution in [3.63, 3.8) is 0 Å². The fraction of sp³-hybridized carbons (Fsp3) is 0.316. The Bertz CT molecular complexity index is 1190. The zero-order valence-corrected chi connectivity index (χ0v) is 15.6. The van der Waals surface area contributed by atoms with Gasteiger partial charge in [0, 0.05) is 30.8 Å². The third-order valence-corrected chi connectivity index (χ3v) is 4.89. The van der Waals surface area contributed by atoms with Gasteiger partial charge in [-0.3, -0.25) is 14.1 Å². The molecule has 5 rings (SSSR count). The van der Waals surface area contributed by atoms with Crippen LogP contribution in [0.3, 0.4) is 0 Å². The summed E-state index contributed by atoms with van der Waals surface area (Å²) in [6.45, 7) is 1.35. The zero-order valence-electron chi connectivity index (χ0n) is 15.6. The Hall–Kier alpha value is -3.34. The molecule has 154 valence electrons. The highest BCUT2D eigenvalue weighted by Crippen LogP contribution is 2.25. The van der Waals surface area contributed by atoms with Gasteiger partial charge in [-0.15, -0.1) is 0 Å². The summed E-state index contributed by atoms with van der Waals surface area (Å²) in [5.74, 6) is 0.348. The summed E-state index contributed by atoms with van der Waals surface area (Å²) in [6, 6.07) is 1.97. The van der Waals surface area contributed by atoms with Gasteiger partial charge in [-0.05, 0) is 12.5 Å². The van der Waals surface area contributed by atoms with Crippen LogP contribution in [0.1, 0.15) is 18.2 Å². The Balaban J connectivity index is 1.49. The van der Waals surface area contributed by atoms with Crippen molar-refractivity contribution in [2.75, 3.05) is 13.2 Å². The lowest BCUT2D eigenvalue weighted by molar-refractivity contribution is -0.127. The number of alkyl halides is 3. The van der Waals surface area contributed by atoms with Crippen molar-refractivity contribution < 1.29 is 17.9 Å². The Morgan fingerprint density at radius 3 is 2.80 bits per heavy atom. The first-order valence-electron chi connectivity index (χ1n) is 9.31. The van der Waals surface area contributed by atoms with E-state index in [1.165, 1.54) is 23.0 Å². The molecule has 0 amide bonds. The summed E-state index contributed by atoms with van der Waals surface area (Å²) in [5.41, 5.74) is 2.27. The topological polar surface area (TPSA) is 83.0 Å². The molecular formula is C19H16F3N7O. The molecule has 1 aliphatic rings. The Labute approximate surface area is 168 Å². The van der Waals surface area contributed by atoms with Crippen molar-refractivity contribution >= 4 is 5.65 Å². The minimum atomic E-state index is -4.34. The molecule has 1 aliphatic heterocycles. The monoisotopic (exact) mass is 415 g/mol. The third-order valence-electron chi connectivity index (χ3n) is 4.89. The van der Waals surface area contributed by atoms with Crippen LogP contribution in [0.5, 0.6) is 0 Å². The van der Waals surface area contributed by atoms with Crippen molar-refractivity contribution in [2.24, 2.45) is 0 Å². The Morgan fingerprint density at radius 2 is 2.00 bits per heavy atom. The largest absolute Gasteiger partial charge is 0.394 e. The fourth-order valence-corrected chi connectivity index (χ4v) is 3.44. The second kappa shape index (κ2) is 7.17. The molecule has 4 aromatic heterocycles. The average Bonchev–Trinajstić information content (AvgIpc) is 3.46. The Kier molecular flexibility index (Phi) is 4.46. The number of aromatic nitrogens is 7. The van der Waals surface area contributed by atoms with E-state index < -0.39 is 12.6 Å². The van der Waals surface area contributed by atoms with Gasteiger partial charge in [-0.25, -0.2) is 15.0 Å². The van der Waals surface area contributed by atoms with Crippen LogP contribution < -0.4 is 0 Å². The van der Waals surface area contributed by atoms with Crippen LogP contribution in [-0.2, 0) is 11.2 Å². The second-order valence-electron chi connectivity index (χ2n) is 7.03. The molecule has 0 aromatic carbocycles. The molecule has 4 aromatic rings. The van der Waals surface area contributed by atoms with E-state index in [4.69, 9.17) is 4.74 Å². The summed E-state index contributed by atoms with van der Waals surface area (Å²) in [6.07, 6.45) is 4.83. The molecule has 0 aliphatic carbocycles. The van der Waals surface area contributed by atoms with Crippen molar-refractivity contribution in [2.45, 2.75) is 25.1 Å². The molecule has 5 heterocycles. The zero-order chi connectivity index (χ0) is 20.7. The van der Waals surface area contributed by atoms with Crippen molar-refractivity contribution in [1.82, 2.24) is 34.1 Å². The quantitative estimate of drug-likeness (QED) is 0.509. The molecule has 0 radical (unpaired) electrons. The van der Waals surface area contributed by atoms with Crippen LogP contribution in [0.2, 0.25) is 0 Å². The molecule has 11 heteroatoms. The van der Waals surface area contributed by atoms with Gasteiger partial charge in [-0.1, -0.05) is 0 Å². The van der Waals surface area contributed by atoms with Crippen LogP contribution in [0.4, 0.5) is 13.2 Å². The lowest BCUT2D eigenvalue weighted by Crippen LogP contribution is -2.13. The summed E-state index contributed by atoms with van der Waals surface area (Å²) in [4.78, 5) is 16.9. The van der Waals surface area contributed by atoms with E-state index in [0.717, 1.165) is 18.6 Å². The lowest BCUT2D eigenvalue weighted by atomic mass is 10.2. The first-order chi connectivity index (χ1) is 14.5. The maximum absolute atomic E-state index is 12.7. The van der Waals surface area contributed by atoms with Crippen LogP contribution in [0.25, 0.3) is 28.4 Å². The number of ether oxygens (including phenoxy) is 1. The number of hydrogen-bond acceptors (Lipinski definition) is 6. The molecule has 0 saturated carbocycles. The van der Waals surface area contributed by atoms with Crippen molar-refractivity contribution in [3.05, 3.63) is 48.9 Å². The van der Waals surface area contributed by atoms with Gasteiger partial charge in [0.15, 0.2) is 11.5 Å². The van der Waals surface area contributed by atoms with Gasteiger partial charge in [0.2, 0.25) is 0 Å². The second-order valence-corrected chi connectivity index (χ2v) is 7.03. The number of halogens is 3. The van der Waals surface area contributed by atoms with Gasteiger partial charge in [0.25, 0.3) is 0 Å². The first-order valence-corrected chi connectivity index (χ1v) is 9.31. The van der Waals surface area contributed by atoms with Gasteiger partial charge < -0.3 is 4.74 Å². The van der Waals surface area contributed by atoms with E-state index in [9.17, 15) is 13.2 Å². The lowest BCUT2D eigenvalue weighted by Gasteiger charge is -2.07. The summed E-state index contributed by atoms with van der Waals surface area (Å²) in [7, 11) is 0. The molecule has 1 atom stereocenters. The normalized spacial score (nSPS) is 17.1. The molecule has 30 heavy (non-hydrogen) atoms. The van der Waals surface area contributed by atoms with Gasteiger partial charge in [-0.2, -0.15) is 18.3 Å². The molecule has 1 fully saturated rings. The highest BCUT2D eigenvalue weighted by Gasteiger charge is 2.29. The highest BCUT2D eigenvalue weighted by atomic mass is 19.4. The fourth-order valence-electron chi connectivity index (χ4n) is 3.44. The molecule has 0 bridgehead atoms. The standard InChI is InChI=1S/C19H16F3N7O/c20-19(21,22)5-13-10-28-16(7-25-17(28)8-24-13)18-23-3-1-15(27-18)12-6-26-29(9-12)14-2-4-30-11-14/h1,3,6-10,14H,2,4-5,11H2. The van der Waals surface area contributed by atoms with Gasteiger partial charge >= 0.3 is 6.18 Å². The number of nitrogens with zero attached hydrogens (tertiary/aromatic N) is 7. The minimum Gasteiger partial charge on any atom is -0.379 e. The smallest absolute Gasteiger partial charge is 0.379 e. The maximum Gasteiger partial charge on any atom is 0.394 e. The van der Waals surface area contributed by atoms with Crippen LogP contribution >= 0.6 is 0 Å². The number of imidazole rings is 1. The van der Waals surface area contributed by atoms with Crippen LogP contribution in [0, 0.1) is 0 Å². The van der Waals surface area contributed by atoms with Gasteiger partial charge in [0.1, 0.15) is 5.69 Å². The minimum absolute atomic E-state index is 0.106. The van der Waals surface area contributed by atoms with E-state index in [0.29, 0.717) is 29.5 Å². The van der Waals surface area contributed by atoms with E-state index in [2.05, 4.69) is 25.0 Å². The first kappa shape index (κ1) is 18.7. The molecule has 0 N–H and O–H groups in total. The van der Waals surface area contributed by atoms with Crippen molar-refractivity contribution in [1.29, 1.82) is 0 Å². The SMILES string of the molecule is FC(F)(F)Cc1cn2c(-c3nccc(-c4cnn(C5CCOC5)c4)n3)cnc2cn1. The maximum atomic E-state index is 12.7. The summed E-state index contributed by atoms with van der Waals surface area (Å²) < 4.78 is 47.0. The van der Waals surface area contributed by atoms with E-state index in [-0.39, 0.29) is 11.7 Å². The Morgan fingerprint density at radius 1 is 1.10 bits per heavy atom. The van der Waals surface area contributed by atoms with Crippen LogP contribution in [-0.4, -0.2) is 53.5 Å². The predicted octanol–water partition coefficient (Wildman–Crippen LogP) is 3.12. The summed E-state index contributed by atoms with van der Waals surface area (Å²) >= 11 is 0. The molecular weight excluding hydrogens is 399 g/mol. The molecule has 1 unspecified atom stereocenters. The number of hydrogen-bond donors (Lipinski definition) is 0. The van der Waals surface area contributed by atoms with Gasteiger partial charge in [0.05, 0.1) is 49.0 Å². The molecule has 0 spiro atoms. The highest BCUT2D eigenvalue weighted by molar-refractivity contribution is 5.62. The van der Waals surface area contributed by atoms with E-state index >= 15 is 0 Å².